The fraction of sp³-hybridized carbons (Fsp3) is 0.455. The van der Waals surface area contributed by atoms with Gasteiger partial charge in [0.05, 0.1) is 6.10 Å². The Morgan fingerprint density at radius 3 is 2.50 bits per heavy atom. The molecule has 1 fully saturated rings. The highest BCUT2D eigenvalue weighted by molar-refractivity contribution is 6.31. The van der Waals surface area contributed by atoms with Crippen molar-refractivity contribution >= 4 is 11.6 Å². The zero-order valence-electron chi connectivity index (χ0n) is 8.00. The molecule has 0 aromatic heterocycles. The molecule has 1 aliphatic carbocycles. The molecule has 0 heterocycles. The maximum absolute atomic E-state index is 9.67. The van der Waals surface area contributed by atoms with E-state index in [1.54, 1.807) is 19.1 Å². The van der Waals surface area contributed by atoms with Crippen LogP contribution in [0.5, 0.6) is 5.75 Å². The zero-order valence-corrected chi connectivity index (χ0v) is 8.75. The van der Waals surface area contributed by atoms with Crippen molar-refractivity contribution in [3.63, 3.8) is 0 Å². The summed E-state index contributed by atoms with van der Waals surface area (Å²) in [6.07, 6.45) is 1.55. The van der Waals surface area contributed by atoms with Gasteiger partial charge in [-0.1, -0.05) is 17.7 Å². The summed E-state index contributed by atoms with van der Waals surface area (Å²) < 4.78 is 0. The highest BCUT2D eigenvalue weighted by Crippen LogP contribution is 2.53. The predicted molar refractivity (Wildman–Crippen MR) is 55.7 cm³/mol. The van der Waals surface area contributed by atoms with E-state index in [0.29, 0.717) is 5.02 Å². The third kappa shape index (κ3) is 1.39. The minimum atomic E-state index is -0.385. The normalized spacial score (nSPS) is 20.5. The van der Waals surface area contributed by atoms with Crippen LogP contribution >= 0.6 is 11.6 Å². The summed E-state index contributed by atoms with van der Waals surface area (Å²) in [6, 6.07) is 4.94. The standard InChI is InChI=1S/C11H13ClO2/c1-7(13)11(4-5-11)9-3-2-8(14)6-10(9)12/h2-3,6-7,13-14H,4-5H2,1H3. The minimum Gasteiger partial charge on any atom is -0.508 e. The van der Waals surface area contributed by atoms with E-state index in [2.05, 4.69) is 0 Å². The molecule has 0 aliphatic heterocycles. The van der Waals surface area contributed by atoms with Crippen LogP contribution in [-0.4, -0.2) is 16.3 Å². The van der Waals surface area contributed by atoms with Crippen LogP contribution in [0.25, 0.3) is 0 Å². The van der Waals surface area contributed by atoms with Crippen LogP contribution in [0.4, 0.5) is 0 Å². The highest BCUT2D eigenvalue weighted by atomic mass is 35.5. The van der Waals surface area contributed by atoms with Gasteiger partial charge in [-0.25, -0.2) is 0 Å². The first kappa shape index (κ1) is 9.81. The average Bonchev–Trinajstić information content (AvgIpc) is 2.84. The minimum absolute atomic E-state index is 0.162. The first-order valence-corrected chi connectivity index (χ1v) is 5.11. The molecule has 0 saturated heterocycles. The molecule has 76 valence electrons. The van der Waals surface area contributed by atoms with Gasteiger partial charge in [0.15, 0.2) is 0 Å². The van der Waals surface area contributed by atoms with Crippen molar-refractivity contribution in [3.8, 4) is 5.75 Å². The second-order valence-corrected chi connectivity index (χ2v) is 4.40. The molecule has 1 saturated carbocycles. The van der Waals surface area contributed by atoms with E-state index in [1.165, 1.54) is 6.07 Å². The van der Waals surface area contributed by atoms with Crippen LogP contribution in [0.3, 0.4) is 0 Å². The van der Waals surface area contributed by atoms with Crippen molar-refractivity contribution in [1.29, 1.82) is 0 Å². The summed E-state index contributed by atoms with van der Waals surface area (Å²) in [5, 5.41) is 19.4. The molecule has 1 unspecified atom stereocenters. The molecule has 14 heavy (non-hydrogen) atoms. The Bertz CT molecular complexity index is 356. The van der Waals surface area contributed by atoms with Gasteiger partial charge in [0.25, 0.3) is 0 Å². The predicted octanol–water partition coefficient (Wildman–Crippen LogP) is 2.46. The fourth-order valence-electron chi connectivity index (χ4n) is 1.95. The largest absolute Gasteiger partial charge is 0.508 e. The number of aliphatic hydroxyl groups is 1. The maximum Gasteiger partial charge on any atom is 0.117 e. The number of hydrogen-bond acceptors (Lipinski definition) is 2. The molecule has 2 nitrogen and oxygen atoms in total. The van der Waals surface area contributed by atoms with Crippen LogP contribution in [0.2, 0.25) is 5.02 Å². The van der Waals surface area contributed by atoms with Crippen molar-refractivity contribution in [2.24, 2.45) is 0 Å². The van der Waals surface area contributed by atoms with Crippen molar-refractivity contribution in [3.05, 3.63) is 28.8 Å². The van der Waals surface area contributed by atoms with Gasteiger partial charge >= 0.3 is 0 Å². The Kier molecular flexibility index (Phi) is 2.20. The number of hydrogen-bond donors (Lipinski definition) is 2. The van der Waals surface area contributed by atoms with Crippen molar-refractivity contribution in [1.82, 2.24) is 0 Å². The van der Waals surface area contributed by atoms with E-state index in [9.17, 15) is 10.2 Å². The molecular weight excluding hydrogens is 200 g/mol. The first-order valence-electron chi connectivity index (χ1n) is 4.73. The number of phenolic OH excluding ortho intramolecular Hbond substituents is 1. The van der Waals surface area contributed by atoms with Crippen LogP contribution in [0, 0.1) is 0 Å². The molecule has 0 bridgehead atoms. The smallest absolute Gasteiger partial charge is 0.117 e. The monoisotopic (exact) mass is 212 g/mol. The summed E-state index contributed by atoms with van der Waals surface area (Å²) in [5.74, 6) is 0.167. The summed E-state index contributed by atoms with van der Waals surface area (Å²) in [5.41, 5.74) is 0.789. The fourth-order valence-corrected chi connectivity index (χ4v) is 2.32. The van der Waals surface area contributed by atoms with Crippen molar-refractivity contribution < 1.29 is 10.2 Å². The second kappa shape index (κ2) is 3.14. The molecule has 2 rings (SSSR count). The van der Waals surface area contributed by atoms with Gasteiger partial charge in [0.2, 0.25) is 0 Å². The summed E-state index contributed by atoms with van der Waals surface area (Å²) in [6.45, 7) is 1.79. The van der Waals surface area contributed by atoms with Crippen LogP contribution < -0.4 is 0 Å². The van der Waals surface area contributed by atoms with Gasteiger partial charge in [-0.3, -0.25) is 0 Å². The Morgan fingerprint density at radius 1 is 1.43 bits per heavy atom. The number of phenols is 1. The zero-order chi connectivity index (χ0) is 10.3. The summed E-state index contributed by atoms with van der Waals surface area (Å²) in [7, 11) is 0. The topological polar surface area (TPSA) is 40.5 Å². The lowest BCUT2D eigenvalue weighted by molar-refractivity contribution is 0.150. The molecular formula is C11H13ClO2. The van der Waals surface area contributed by atoms with Crippen LogP contribution in [0.15, 0.2) is 18.2 Å². The number of rotatable bonds is 2. The molecule has 1 aromatic carbocycles. The van der Waals surface area contributed by atoms with E-state index < -0.39 is 0 Å². The first-order chi connectivity index (χ1) is 6.56. The number of aliphatic hydroxyl groups excluding tert-OH is 1. The van der Waals surface area contributed by atoms with E-state index in [0.717, 1.165) is 18.4 Å². The molecule has 0 amide bonds. The molecule has 0 spiro atoms. The molecule has 2 N–H and O–H groups in total. The van der Waals surface area contributed by atoms with Crippen molar-refractivity contribution in [2.45, 2.75) is 31.3 Å². The van der Waals surface area contributed by atoms with E-state index in [1.807, 2.05) is 0 Å². The molecule has 3 heteroatoms. The number of benzene rings is 1. The third-order valence-corrected chi connectivity index (χ3v) is 3.39. The second-order valence-electron chi connectivity index (χ2n) is 4.00. The van der Waals surface area contributed by atoms with E-state index >= 15 is 0 Å². The molecule has 1 aliphatic rings. The van der Waals surface area contributed by atoms with Crippen molar-refractivity contribution in [2.75, 3.05) is 0 Å². The van der Waals surface area contributed by atoms with E-state index in [-0.39, 0.29) is 17.3 Å². The van der Waals surface area contributed by atoms with Gasteiger partial charge in [-0.2, -0.15) is 0 Å². The SMILES string of the molecule is CC(O)C1(c2ccc(O)cc2Cl)CC1. The molecule has 1 aromatic rings. The highest BCUT2D eigenvalue weighted by Gasteiger charge is 2.49. The lowest BCUT2D eigenvalue weighted by atomic mass is 9.91. The van der Waals surface area contributed by atoms with Gasteiger partial charge in [0, 0.05) is 10.4 Å². The Balaban J connectivity index is 2.42. The maximum atomic E-state index is 9.67. The molecule has 0 radical (unpaired) electrons. The summed E-state index contributed by atoms with van der Waals surface area (Å²) >= 11 is 6.03. The lowest BCUT2D eigenvalue weighted by Gasteiger charge is -2.20. The lowest BCUT2D eigenvalue weighted by Crippen LogP contribution is -2.22. The van der Waals surface area contributed by atoms with E-state index in [4.69, 9.17) is 11.6 Å². The molecule has 1 atom stereocenters. The van der Waals surface area contributed by atoms with Gasteiger partial charge in [-0.15, -0.1) is 0 Å². The van der Waals surface area contributed by atoms with Crippen LogP contribution in [0.1, 0.15) is 25.3 Å². The Labute approximate surface area is 88.1 Å². The van der Waals surface area contributed by atoms with Gasteiger partial charge in [-0.05, 0) is 37.5 Å². The number of halogens is 1. The van der Waals surface area contributed by atoms with Gasteiger partial charge < -0.3 is 10.2 Å². The van der Waals surface area contributed by atoms with Gasteiger partial charge in [0.1, 0.15) is 5.75 Å². The Morgan fingerprint density at radius 2 is 2.07 bits per heavy atom. The summed E-state index contributed by atoms with van der Waals surface area (Å²) in [4.78, 5) is 0. The van der Waals surface area contributed by atoms with Crippen LogP contribution in [-0.2, 0) is 5.41 Å². The average molecular weight is 213 g/mol. The number of aromatic hydroxyl groups is 1. The quantitative estimate of drug-likeness (QED) is 0.791. The third-order valence-electron chi connectivity index (χ3n) is 3.08. The Hall–Kier alpha value is -0.730.